The summed E-state index contributed by atoms with van der Waals surface area (Å²) in [4.78, 5) is 28.1. The lowest BCUT2D eigenvalue weighted by Crippen LogP contribution is -2.27. The van der Waals surface area contributed by atoms with E-state index >= 15 is 0 Å². The van der Waals surface area contributed by atoms with E-state index in [1.54, 1.807) is 11.4 Å². The van der Waals surface area contributed by atoms with Crippen LogP contribution in [0, 0.1) is 11.6 Å². The molecule has 3 aromatic rings. The molecule has 0 unspecified atom stereocenters. The Morgan fingerprint density at radius 2 is 2.14 bits per heavy atom. The Labute approximate surface area is 126 Å². The SMILES string of the molecule is O=C(Cn1cnc2ccsc2c1=O)Nc1ccc(F)cc1F. The van der Waals surface area contributed by atoms with Crippen LogP contribution in [0.3, 0.4) is 0 Å². The van der Waals surface area contributed by atoms with Crippen molar-refractivity contribution >= 4 is 33.1 Å². The van der Waals surface area contributed by atoms with Crippen molar-refractivity contribution in [3.63, 3.8) is 0 Å². The van der Waals surface area contributed by atoms with Gasteiger partial charge < -0.3 is 5.32 Å². The fourth-order valence-corrected chi connectivity index (χ4v) is 2.72. The average Bonchev–Trinajstić information content (AvgIpc) is 2.94. The van der Waals surface area contributed by atoms with Gasteiger partial charge in [0.05, 0.1) is 17.5 Å². The molecule has 0 aliphatic heterocycles. The van der Waals surface area contributed by atoms with Gasteiger partial charge in [-0.15, -0.1) is 11.3 Å². The second-order valence-electron chi connectivity index (χ2n) is 4.48. The summed E-state index contributed by atoms with van der Waals surface area (Å²) in [6.45, 7) is -0.309. The summed E-state index contributed by atoms with van der Waals surface area (Å²) in [5.74, 6) is -2.23. The second-order valence-corrected chi connectivity index (χ2v) is 5.40. The van der Waals surface area contributed by atoms with E-state index in [0.717, 1.165) is 16.7 Å². The monoisotopic (exact) mass is 321 g/mol. The highest BCUT2D eigenvalue weighted by Gasteiger charge is 2.11. The number of fused-ring (bicyclic) bond motifs is 1. The Bertz CT molecular complexity index is 920. The molecule has 0 aliphatic carbocycles. The van der Waals surface area contributed by atoms with Crippen molar-refractivity contribution in [1.29, 1.82) is 0 Å². The molecule has 0 saturated carbocycles. The highest BCUT2D eigenvalue weighted by molar-refractivity contribution is 7.17. The molecular weight excluding hydrogens is 312 g/mol. The first-order valence-corrected chi connectivity index (χ1v) is 7.10. The van der Waals surface area contributed by atoms with Crippen LogP contribution in [0.2, 0.25) is 0 Å². The summed E-state index contributed by atoms with van der Waals surface area (Å²) in [6.07, 6.45) is 1.26. The number of nitrogens with zero attached hydrogens (tertiary/aromatic N) is 2. The molecule has 0 fully saturated rings. The third-order valence-corrected chi connectivity index (χ3v) is 3.85. The smallest absolute Gasteiger partial charge is 0.271 e. The number of thiophene rings is 1. The van der Waals surface area contributed by atoms with Gasteiger partial charge in [0.1, 0.15) is 22.9 Å². The van der Waals surface area contributed by atoms with Crippen molar-refractivity contribution in [2.24, 2.45) is 0 Å². The molecule has 1 aromatic carbocycles. The number of carbonyl (C=O) groups excluding carboxylic acids is 1. The number of anilines is 1. The van der Waals surface area contributed by atoms with Crippen molar-refractivity contribution in [1.82, 2.24) is 9.55 Å². The van der Waals surface area contributed by atoms with E-state index in [0.29, 0.717) is 16.3 Å². The van der Waals surface area contributed by atoms with Gasteiger partial charge in [-0.2, -0.15) is 0 Å². The molecule has 0 bridgehead atoms. The lowest BCUT2D eigenvalue weighted by Gasteiger charge is -2.08. The van der Waals surface area contributed by atoms with Gasteiger partial charge in [-0.1, -0.05) is 0 Å². The maximum absolute atomic E-state index is 13.5. The van der Waals surface area contributed by atoms with Gasteiger partial charge in [-0.05, 0) is 23.6 Å². The first-order chi connectivity index (χ1) is 10.5. The molecule has 2 heterocycles. The zero-order valence-corrected chi connectivity index (χ0v) is 11.9. The highest BCUT2D eigenvalue weighted by atomic mass is 32.1. The quantitative estimate of drug-likeness (QED) is 0.805. The average molecular weight is 321 g/mol. The van der Waals surface area contributed by atoms with Crippen LogP contribution in [0.4, 0.5) is 14.5 Å². The van der Waals surface area contributed by atoms with Gasteiger partial charge in [0.25, 0.3) is 5.56 Å². The van der Waals surface area contributed by atoms with Crippen LogP contribution in [0.15, 0.2) is 40.8 Å². The van der Waals surface area contributed by atoms with Crippen LogP contribution in [0.1, 0.15) is 0 Å². The molecule has 3 rings (SSSR count). The molecule has 2 aromatic heterocycles. The fourth-order valence-electron chi connectivity index (χ4n) is 1.93. The number of carbonyl (C=O) groups is 1. The van der Waals surface area contributed by atoms with Crippen molar-refractivity contribution in [3.05, 3.63) is 58.0 Å². The van der Waals surface area contributed by atoms with Crippen molar-refractivity contribution < 1.29 is 13.6 Å². The Morgan fingerprint density at radius 3 is 2.91 bits per heavy atom. The van der Waals surface area contributed by atoms with E-state index in [2.05, 4.69) is 10.3 Å². The van der Waals surface area contributed by atoms with E-state index in [1.165, 1.54) is 17.7 Å². The zero-order valence-electron chi connectivity index (χ0n) is 11.0. The summed E-state index contributed by atoms with van der Waals surface area (Å²) < 4.78 is 27.8. The van der Waals surface area contributed by atoms with Crippen LogP contribution in [-0.2, 0) is 11.3 Å². The van der Waals surface area contributed by atoms with Gasteiger partial charge >= 0.3 is 0 Å². The van der Waals surface area contributed by atoms with Crippen molar-refractivity contribution in [2.75, 3.05) is 5.32 Å². The highest BCUT2D eigenvalue weighted by Crippen LogP contribution is 2.15. The maximum Gasteiger partial charge on any atom is 0.271 e. The van der Waals surface area contributed by atoms with E-state index in [9.17, 15) is 18.4 Å². The summed E-state index contributed by atoms with van der Waals surface area (Å²) in [5.41, 5.74) is 0.0792. The third-order valence-electron chi connectivity index (χ3n) is 2.95. The minimum absolute atomic E-state index is 0.149. The number of aromatic nitrogens is 2. The molecule has 1 N–H and O–H groups in total. The third kappa shape index (κ3) is 2.73. The van der Waals surface area contributed by atoms with E-state index < -0.39 is 17.5 Å². The minimum atomic E-state index is -0.882. The Kier molecular flexibility index (Phi) is 3.68. The lowest BCUT2D eigenvalue weighted by atomic mass is 10.3. The van der Waals surface area contributed by atoms with Gasteiger partial charge in [0, 0.05) is 6.07 Å². The number of nitrogens with one attached hydrogen (secondary N) is 1. The number of hydrogen-bond acceptors (Lipinski definition) is 4. The molecule has 0 atom stereocenters. The van der Waals surface area contributed by atoms with Crippen molar-refractivity contribution in [3.8, 4) is 0 Å². The molecule has 112 valence electrons. The van der Waals surface area contributed by atoms with E-state index in [-0.39, 0.29) is 17.8 Å². The standard InChI is InChI=1S/C14H9F2N3O2S/c15-8-1-2-10(9(16)5-8)18-12(20)6-19-7-17-11-3-4-22-13(11)14(19)21/h1-5,7H,6H2,(H,18,20). The molecule has 0 aliphatic rings. The van der Waals surface area contributed by atoms with Crippen LogP contribution >= 0.6 is 11.3 Å². The molecule has 22 heavy (non-hydrogen) atoms. The largest absolute Gasteiger partial charge is 0.322 e. The van der Waals surface area contributed by atoms with Crippen LogP contribution in [0.5, 0.6) is 0 Å². The number of halogens is 2. The minimum Gasteiger partial charge on any atom is -0.322 e. The second kappa shape index (κ2) is 5.64. The van der Waals surface area contributed by atoms with Crippen molar-refractivity contribution in [2.45, 2.75) is 6.54 Å². The Balaban J connectivity index is 1.81. The van der Waals surface area contributed by atoms with E-state index in [4.69, 9.17) is 0 Å². The zero-order chi connectivity index (χ0) is 15.7. The molecular formula is C14H9F2N3O2S. The predicted octanol–water partition coefficient (Wildman–Crippen LogP) is 2.37. The number of benzene rings is 1. The topological polar surface area (TPSA) is 64.0 Å². The molecule has 8 heteroatoms. The van der Waals surface area contributed by atoms with Crippen LogP contribution in [-0.4, -0.2) is 15.5 Å². The summed E-state index contributed by atoms with van der Waals surface area (Å²) in [5, 5.41) is 4.02. The van der Waals surface area contributed by atoms with Gasteiger partial charge in [0.2, 0.25) is 5.91 Å². The molecule has 0 spiro atoms. The number of hydrogen-bond donors (Lipinski definition) is 1. The maximum atomic E-state index is 13.5. The van der Waals surface area contributed by atoms with Gasteiger partial charge in [-0.3, -0.25) is 14.2 Å². The Hall–Kier alpha value is -2.61. The number of rotatable bonds is 3. The Morgan fingerprint density at radius 1 is 1.32 bits per heavy atom. The summed E-state index contributed by atoms with van der Waals surface area (Å²) >= 11 is 1.23. The molecule has 1 amide bonds. The normalized spacial score (nSPS) is 10.8. The molecule has 0 radical (unpaired) electrons. The fraction of sp³-hybridized carbons (Fsp3) is 0.0714. The first-order valence-electron chi connectivity index (χ1n) is 6.22. The van der Waals surface area contributed by atoms with Gasteiger partial charge in [0.15, 0.2) is 0 Å². The summed E-state index contributed by atoms with van der Waals surface area (Å²) in [6, 6.07) is 4.52. The van der Waals surface area contributed by atoms with Gasteiger partial charge in [-0.25, -0.2) is 13.8 Å². The molecule has 0 saturated heterocycles. The first kappa shape index (κ1) is 14.3. The molecule has 5 nitrogen and oxygen atoms in total. The van der Waals surface area contributed by atoms with E-state index in [1.807, 2.05) is 0 Å². The lowest BCUT2D eigenvalue weighted by molar-refractivity contribution is -0.116. The number of amides is 1. The predicted molar refractivity (Wildman–Crippen MR) is 78.9 cm³/mol. The van der Waals surface area contributed by atoms with Crippen LogP contribution < -0.4 is 10.9 Å². The summed E-state index contributed by atoms with van der Waals surface area (Å²) in [7, 11) is 0. The van der Waals surface area contributed by atoms with Crippen LogP contribution in [0.25, 0.3) is 10.2 Å².